The van der Waals surface area contributed by atoms with E-state index in [1.54, 1.807) is 0 Å². The van der Waals surface area contributed by atoms with Crippen LogP contribution in [0.3, 0.4) is 0 Å². The molecule has 0 bridgehead atoms. The standard InChI is InChI=1S/C16H20N2/c1-13(15-9-5-3-6-10-15)17-18-14(2)16-11-7-4-8-12-16/h3-14,17-18H,1-2H3/t13-,14-/m1/s1. The molecule has 0 saturated heterocycles. The second kappa shape index (κ2) is 6.34. The molecule has 2 rings (SSSR count). The number of rotatable bonds is 5. The molecule has 0 radical (unpaired) electrons. The second-order valence-corrected chi connectivity index (χ2v) is 4.55. The van der Waals surface area contributed by atoms with E-state index in [4.69, 9.17) is 0 Å². The van der Waals surface area contributed by atoms with Crippen LogP contribution in [0, 0.1) is 0 Å². The second-order valence-electron chi connectivity index (χ2n) is 4.55. The Morgan fingerprint density at radius 2 is 0.944 bits per heavy atom. The topological polar surface area (TPSA) is 24.1 Å². The summed E-state index contributed by atoms with van der Waals surface area (Å²) in [7, 11) is 0. The highest BCUT2D eigenvalue weighted by molar-refractivity contribution is 5.19. The van der Waals surface area contributed by atoms with Gasteiger partial charge in [-0.05, 0) is 25.0 Å². The number of hydrogen-bond acceptors (Lipinski definition) is 2. The average molecular weight is 240 g/mol. The molecule has 0 fully saturated rings. The van der Waals surface area contributed by atoms with E-state index in [1.165, 1.54) is 11.1 Å². The summed E-state index contributed by atoms with van der Waals surface area (Å²) in [5.41, 5.74) is 9.26. The van der Waals surface area contributed by atoms with Crippen LogP contribution < -0.4 is 10.9 Å². The SMILES string of the molecule is C[C@@H](NN[C@H](C)c1ccccc1)c1ccccc1. The van der Waals surface area contributed by atoms with E-state index in [2.05, 4.69) is 73.2 Å². The van der Waals surface area contributed by atoms with Crippen LogP contribution in [0.5, 0.6) is 0 Å². The Labute approximate surface area is 109 Å². The van der Waals surface area contributed by atoms with Crippen LogP contribution in [0.4, 0.5) is 0 Å². The maximum Gasteiger partial charge on any atom is 0.0434 e. The molecule has 2 aromatic rings. The van der Waals surface area contributed by atoms with Crippen molar-refractivity contribution in [1.29, 1.82) is 0 Å². The van der Waals surface area contributed by atoms with E-state index >= 15 is 0 Å². The highest BCUT2D eigenvalue weighted by atomic mass is 15.4. The molecular weight excluding hydrogens is 220 g/mol. The average Bonchev–Trinajstić information content (AvgIpc) is 2.46. The smallest absolute Gasteiger partial charge is 0.0434 e. The van der Waals surface area contributed by atoms with Crippen LogP contribution in [0.25, 0.3) is 0 Å². The van der Waals surface area contributed by atoms with E-state index in [-0.39, 0.29) is 12.1 Å². The van der Waals surface area contributed by atoms with Gasteiger partial charge in [-0.1, -0.05) is 60.7 Å². The van der Waals surface area contributed by atoms with E-state index in [1.807, 2.05) is 12.1 Å². The van der Waals surface area contributed by atoms with Crippen molar-refractivity contribution >= 4 is 0 Å². The summed E-state index contributed by atoms with van der Waals surface area (Å²) in [5, 5.41) is 0. The Kier molecular flexibility index (Phi) is 4.51. The molecule has 0 amide bonds. The van der Waals surface area contributed by atoms with Gasteiger partial charge in [0.15, 0.2) is 0 Å². The maximum absolute atomic E-state index is 3.35. The van der Waals surface area contributed by atoms with E-state index in [0.717, 1.165) is 0 Å². The Morgan fingerprint density at radius 3 is 1.28 bits per heavy atom. The van der Waals surface area contributed by atoms with Crippen molar-refractivity contribution in [2.75, 3.05) is 0 Å². The monoisotopic (exact) mass is 240 g/mol. The summed E-state index contributed by atoms with van der Waals surface area (Å²) in [4.78, 5) is 0. The fourth-order valence-corrected chi connectivity index (χ4v) is 1.90. The highest BCUT2D eigenvalue weighted by Gasteiger charge is 2.07. The van der Waals surface area contributed by atoms with Crippen molar-refractivity contribution in [2.24, 2.45) is 0 Å². The van der Waals surface area contributed by atoms with Crippen LogP contribution in [-0.4, -0.2) is 0 Å². The van der Waals surface area contributed by atoms with Crippen molar-refractivity contribution in [3.63, 3.8) is 0 Å². The third kappa shape index (κ3) is 3.42. The molecule has 2 aromatic carbocycles. The fourth-order valence-electron chi connectivity index (χ4n) is 1.90. The molecule has 2 atom stereocenters. The van der Waals surface area contributed by atoms with E-state index < -0.39 is 0 Å². The molecule has 0 spiro atoms. The molecule has 0 saturated carbocycles. The third-order valence-electron chi connectivity index (χ3n) is 3.12. The first-order valence-electron chi connectivity index (χ1n) is 6.38. The number of benzene rings is 2. The van der Waals surface area contributed by atoms with Crippen molar-refractivity contribution < 1.29 is 0 Å². The molecule has 2 nitrogen and oxygen atoms in total. The maximum atomic E-state index is 3.35. The van der Waals surface area contributed by atoms with Gasteiger partial charge in [0.2, 0.25) is 0 Å². The van der Waals surface area contributed by atoms with Crippen LogP contribution in [0.1, 0.15) is 37.1 Å². The summed E-state index contributed by atoms with van der Waals surface area (Å²) in [6, 6.07) is 21.4. The largest absolute Gasteiger partial charge is 0.250 e. The minimum Gasteiger partial charge on any atom is -0.250 e. The van der Waals surface area contributed by atoms with Gasteiger partial charge in [-0.25, -0.2) is 0 Å². The van der Waals surface area contributed by atoms with Crippen LogP contribution >= 0.6 is 0 Å². The summed E-state index contributed by atoms with van der Waals surface area (Å²) in [5.74, 6) is 0. The van der Waals surface area contributed by atoms with Gasteiger partial charge in [0.05, 0.1) is 0 Å². The molecule has 0 heterocycles. The molecule has 0 aliphatic carbocycles. The molecule has 0 aliphatic rings. The molecule has 2 heteroatoms. The summed E-state index contributed by atoms with van der Waals surface area (Å²) < 4.78 is 0. The van der Waals surface area contributed by atoms with E-state index in [0.29, 0.717) is 0 Å². The lowest BCUT2D eigenvalue weighted by Crippen LogP contribution is -2.36. The molecule has 18 heavy (non-hydrogen) atoms. The highest BCUT2D eigenvalue weighted by Crippen LogP contribution is 2.13. The molecule has 2 N–H and O–H groups in total. The Balaban J connectivity index is 1.89. The fraction of sp³-hybridized carbons (Fsp3) is 0.250. The number of nitrogens with one attached hydrogen (secondary N) is 2. The van der Waals surface area contributed by atoms with Crippen molar-refractivity contribution in [2.45, 2.75) is 25.9 Å². The summed E-state index contributed by atoms with van der Waals surface area (Å²) in [6.45, 7) is 4.31. The predicted molar refractivity (Wildman–Crippen MR) is 76.0 cm³/mol. The Hall–Kier alpha value is -1.64. The number of hydrazine groups is 1. The summed E-state index contributed by atoms with van der Waals surface area (Å²) >= 11 is 0. The number of hydrogen-bond donors (Lipinski definition) is 2. The van der Waals surface area contributed by atoms with Crippen molar-refractivity contribution in [3.05, 3.63) is 71.8 Å². The normalized spacial score (nSPS) is 14.1. The van der Waals surface area contributed by atoms with Gasteiger partial charge >= 0.3 is 0 Å². The lowest BCUT2D eigenvalue weighted by atomic mass is 10.1. The van der Waals surface area contributed by atoms with Crippen molar-refractivity contribution in [3.8, 4) is 0 Å². The first-order chi connectivity index (χ1) is 8.77. The van der Waals surface area contributed by atoms with E-state index in [9.17, 15) is 0 Å². The molecule has 94 valence electrons. The quantitative estimate of drug-likeness (QED) is 0.780. The van der Waals surface area contributed by atoms with Gasteiger partial charge in [0.25, 0.3) is 0 Å². The minimum atomic E-state index is 0.289. The van der Waals surface area contributed by atoms with Gasteiger partial charge < -0.3 is 0 Å². The Bertz CT molecular complexity index is 408. The zero-order valence-corrected chi connectivity index (χ0v) is 10.9. The van der Waals surface area contributed by atoms with Gasteiger partial charge in [-0.2, -0.15) is 0 Å². The van der Waals surface area contributed by atoms with Gasteiger partial charge in [0, 0.05) is 12.1 Å². The van der Waals surface area contributed by atoms with Gasteiger partial charge in [-0.15, -0.1) is 0 Å². The zero-order valence-electron chi connectivity index (χ0n) is 10.9. The van der Waals surface area contributed by atoms with Crippen LogP contribution in [-0.2, 0) is 0 Å². The Morgan fingerprint density at radius 1 is 0.611 bits per heavy atom. The predicted octanol–water partition coefficient (Wildman–Crippen LogP) is 3.60. The molecular formula is C16H20N2. The summed E-state index contributed by atoms with van der Waals surface area (Å²) in [6.07, 6.45) is 0. The lowest BCUT2D eigenvalue weighted by molar-refractivity contribution is 0.411. The molecule has 0 aromatic heterocycles. The van der Waals surface area contributed by atoms with Crippen LogP contribution in [0.2, 0.25) is 0 Å². The van der Waals surface area contributed by atoms with Gasteiger partial charge in [-0.3, -0.25) is 10.9 Å². The molecule has 0 unspecified atom stereocenters. The first kappa shape index (κ1) is 12.8. The lowest BCUT2D eigenvalue weighted by Gasteiger charge is -2.20. The van der Waals surface area contributed by atoms with Gasteiger partial charge in [0.1, 0.15) is 0 Å². The first-order valence-corrected chi connectivity index (χ1v) is 6.38. The molecule has 0 aliphatic heterocycles. The zero-order chi connectivity index (χ0) is 12.8. The van der Waals surface area contributed by atoms with Crippen LogP contribution in [0.15, 0.2) is 60.7 Å². The minimum absolute atomic E-state index is 0.289. The van der Waals surface area contributed by atoms with Crippen molar-refractivity contribution in [1.82, 2.24) is 10.9 Å². The third-order valence-corrected chi connectivity index (χ3v) is 3.12.